The van der Waals surface area contributed by atoms with Gasteiger partial charge < -0.3 is 9.40 Å². The zero-order valence-electron chi connectivity index (χ0n) is 12.1. The van der Waals surface area contributed by atoms with E-state index in [2.05, 4.69) is 4.98 Å². The van der Waals surface area contributed by atoms with Crippen LogP contribution in [0.15, 0.2) is 36.7 Å². The van der Waals surface area contributed by atoms with Crippen LogP contribution in [0.25, 0.3) is 0 Å². The maximum atomic E-state index is 12.4. The molecule has 2 aliphatic heterocycles. The minimum absolute atomic E-state index is 0.246. The van der Waals surface area contributed by atoms with Crippen molar-refractivity contribution in [2.45, 2.75) is 25.3 Å². The molecule has 1 aromatic carbocycles. The first-order valence-corrected chi connectivity index (χ1v) is 7.37. The predicted octanol–water partition coefficient (Wildman–Crippen LogP) is 1.51. The van der Waals surface area contributed by atoms with E-state index in [1.54, 1.807) is 24.5 Å². The number of carbonyl (C=O) groups is 3. The van der Waals surface area contributed by atoms with E-state index in [0.29, 0.717) is 17.3 Å². The number of fused-ring (bicyclic) bond motifs is 2. The lowest BCUT2D eigenvalue weighted by atomic mass is 9.99. The van der Waals surface area contributed by atoms with Crippen LogP contribution in [0.1, 0.15) is 45.3 Å². The van der Waals surface area contributed by atoms with Gasteiger partial charge in [-0.2, -0.15) is 0 Å². The van der Waals surface area contributed by atoms with Crippen LogP contribution < -0.4 is 0 Å². The number of benzene rings is 1. The Morgan fingerprint density at radius 3 is 2.57 bits per heavy atom. The van der Waals surface area contributed by atoms with Crippen LogP contribution in [0, 0.1) is 0 Å². The lowest BCUT2D eigenvalue weighted by Crippen LogP contribution is -2.36. The molecule has 23 heavy (non-hydrogen) atoms. The van der Waals surface area contributed by atoms with E-state index in [1.807, 2.05) is 4.57 Å². The van der Waals surface area contributed by atoms with Crippen LogP contribution in [0.2, 0.25) is 0 Å². The van der Waals surface area contributed by atoms with E-state index < -0.39 is 23.7 Å². The van der Waals surface area contributed by atoms with Crippen LogP contribution in [0.3, 0.4) is 0 Å². The first kappa shape index (κ1) is 13.7. The summed E-state index contributed by atoms with van der Waals surface area (Å²) < 4.78 is 1.89. The molecular weight excluding hydrogens is 298 g/mol. The van der Waals surface area contributed by atoms with Gasteiger partial charge in [-0.15, -0.1) is 0 Å². The van der Waals surface area contributed by atoms with Crippen molar-refractivity contribution in [1.29, 1.82) is 0 Å². The molecule has 0 spiro atoms. The molecule has 4 rings (SSSR count). The SMILES string of the molecule is O=C(ON1C(=O)c2ccccc2C1=O)C1CCCn2ccnc21. The Kier molecular flexibility index (Phi) is 3.00. The van der Waals surface area contributed by atoms with E-state index in [9.17, 15) is 14.4 Å². The monoisotopic (exact) mass is 311 g/mol. The minimum atomic E-state index is -0.633. The van der Waals surface area contributed by atoms with Crippen molar-refractivity contribution in [2.24, 2.45) is 0 Å². The average molecular weight is 311 g/mol. The summed E-state index contributed by atoms with van der Waals surface area (Å²) in [4.78, 5) is 46.2. The molecular formula is C16H13N3O4. The molecule has 0 N–H and O–H groups in total. The molecule has 1 atom stereocenters. The van der Waals surface area contributed by atoms with E-state index in [1.165, 1.54) is 12.1 Å². The molecule has 0 saturated heterocycles. The van der Waals surface area contributed by atoms with Gasteiger partial charge in [0.25, 0.3) is 11.8 Å². The smallest absolute Gasteiger partial charge is 0.334 e. The van der Waals surface area contributed by atoms with Crippen molar-refractivity contribution < 1.29 is 19.2 Å². The highest BCUT2D eigenvalue weighted by atomic mass is 16.7. The van der Waals surface area contributed by atoms with Crippen molar-refractivity contribution in [2.75, 3.05) is 0 Å². The molecule has 0 fully saturated rings. The second kappa shape index (κ2) is 5.05. The highest BCUT2D eigenvalue weighted by molar-refractivity contribution is 6.20. The molecule has 7 nitrogen and oxygen atoms in total. The molecule has 2 amide bonds. The van der Waals surface area contributed by atoms with Gasteiger partial charge >= 0.3 is 5.97 Å². The van der Waals surface area contributed by atoms with Crippen molar-refractivity contribution in [3.63, 3.8) is 0 Å². The maximum absolute atomic E-state index is 12.4. The van der Waals surface area contributed by atoms with E-state index in [-0.39, 0.29) is 11.1 Å². The van der Waals surface area contributed by atoms with Gasteiger partial charge in [0.15, 0.2) is 0 Å². The highest BCUT2D eigenvalue weighted by Gasteiger charge is 2.40. The molecule has 0 bridgehead atoms. The molecule has 116 valence electrons. The van der Waals surface area contributed by atoms with Gasteiger partial charge in [-0.25, -0.2) is 9.78 Å². The van der Waals surface area contributed by atoms with Gasteiger partial charge in [-0.1, -0.05) is 17.2 Å². The van der Waals surface area contributed by atoms with Crippen LogP contribution >= 0.6 is 0 Å². The zero-order chi connectivity index (χ0) is 16.0. The van der Waals surface area contributed by atoms with Gasteiger partial charge in [0.1, 0.15) is 11.7 Å². The standard InChI is InChI=1S/C16H13N3O4/c20-14-10-4-1-2-5-11(10)15(21)19(14)23-16(22)12-6-3-8-18-9-7-17-13(12)18/h1-2,4-5,7,9,12H,3,6,8H2. The number of imidazole rings is 1. The third-order valence-corrected chi connectivity index (χ3v) is 4.17. The Morgan fingerprint density at radius 2 is 1.87 bits per heavy atom. The van der Waals surface area contributed by atoms with Crippen LogP contribution in [-0.2, 0) is 16.2 Å². The molecule has 7 heteroatoms. The van der Waals surface area contributed by atoms with Gasteiger partial charge in [0.2, 0.25) is 0 Å². The molecule has 2 aromatic rings. The molecule has 0 aliphatic carbocycles. The normalized spacial score (nSPS) is 19.5. The molecule has 0 radical (unpaired) electrons. The molecule has 1 unspecified atom stereocenters. The van der Waals surface area contributed by atoms with E-state index >= 15 is 0 Å². The number of rotatable bonds is 2. The second-order valence-corrected chi connectivity index (χ2v) is 5.53. The van der Waals surface area contributed by atoms with Crippen molar-refractivity contribution in [1.82, 2.24) is 14.6 Å². The largest absolute Gasteiger partial charge is 0.343 e. The Balaban J connectivity index is 1.57. The third kappa shape index (κ3) is 2.04. The van der Waals surface area contributed by atoms with E-state index in [0.717, 1.165) is 13.0 Å². The summed E-state index contributed by atoms with van der Waals surface area (Å²) in [6.45, 7) is 0.798. The van der Waals surface area contributed by atoms with Gasteiger partial charge in [-0.05, 0) is 25.0 Å². The Labute approximate surface area is 131 Å². The molecule has 1 aromatic heterocycles. The predicted molar refractivity (Wildman–Crippen MR) is 77.2 cm³/mol. The summed E-state index contributed by atoms with van der Waals surface area (Å²) in [7, 11) is 0. The Bertz CT molecular complexity index is 791. The van der Waals surface area contributed by atoms with Gasteiger partial charge in [0, 0.05) is 18.9 Å². The molecule has 0 saturated carbocycles. The summed E-state index contributed by atoms with van der Waals surface area (Å²) in [5, 5.41) is 0.550. The molecule has 3 heterocycles. The quantitative estimate of drug-likeness (QED) is 0.785. The van der Waals surface area contributed by atoms with Crippen molar-refractivity contribution >= 4 is 17.8 Å². The third-order valence-electron chi connectivity index (χ3n) is 4.17. The zero-order valence-corrected chi connectivity index (χ0v) is 12.1. The van der Waals surface area contributed by atoms with Crippen molar-refractivity contribution in [3.05, 3.63) is 53.6 Å². The first-order valence-electron chi connectivity index (χ1n) is 7.37. The number of aromatic nitrogens is 2. The average Bonchev–Trinajstić information content (AvgIpc) is 3.14. The summed E-state index contributed by atoms with van der Waals surface area (Å²) in [5.74, 6) is -1.82. The van der Waals surface area contributed by atoms with Crippen LogP contribution in [-0.4, -0.2) is 32.4 Å². The number of amides is 2. The lowest BCUT2D eigenvalue weighted by molar-refractivity contribution is -0.171. The number of aryl methyl sites for hydroxylation is 1. The second-order valence-electron chi connectivity index (χ2n) is 5.53. The summed E-state index contributed by atoms with van der Waals surface area (Å²) in [5.41, 5.74) is 0.492. The van der Waals surface area contributed by atoms with E-state index in [4.69, 9.17) is 4.84 Å². The maximum Gasteiger partial charge on any atom is 0.343 e. The summed E-state index contributed by atoms with van der Waals surface area (Å²) in [6, 6.07) is 6.40. The minimum Gasteiger partial charge on any atom is -0.334 e. The molecule has 2 aliphatic rings. The lowest BCUT2D eigenvalue weighted by Gasteiger charge is -2.23. The van der Waals surface area contributed by atoms with Crippen LogP contribution in [0.5, 0.6) is 0 Å². The number of imide groups is 1. The number of hydrogen-bond donors (Lipinski definition) is 0. The number of hydroxylamine groups is 2. The first-order chi connectivity index (χ1) is 11.2. The fourth-order valence-corrected chi connectivity index (χ4v) is 3.04. The fourth-order valence-electron chi connectivity index (χ4n) is 3.04. The van der Waals surface area contributed by atoms with Crippen molar-refractivity contribution in [3.8, 4) is 0 Å². The Morgan fingerprint density at radius 1 is 1.17 bits per heavy atom. The number of nitrogens with zero attached hydrogens (tertiary/aromatic N) is 3. The summed E-state index contributed by atoms with van der Waals surface area (Å²) >= 11 is 0. The number of carbonyl (C=O) groups excluding carboxylic acids is 3. The van der Waals surface area contributed by atoms with Gasteiger partial charge in [-0.3, -0.25) is 9.59 Å². The Hall–Kier alpha value is -2.96. The van der Waals surface area contributed by atoms with Crippen LogP contribution in [0.4, 0.5) is 0 Å². The van der Waals surface area contributed by atoms with Gasteiger partial charge in [0.05, 0.1) is 11.1 Å². The summed E-state index contributed by atoms with van der Waals surface area (Å²) in [6.07, 6.45) is 4.82. The fraction of sp³-hybridized carbons (Fsp3) is 0.250. The highest BCUT2D eigenvalue weighted by Crippen LogP contribution is 2.29. The topological polar surface area (TPSA) is 81.5 Å². The number of hydrogen-bond acceptors (Lipinski definition) is 5.